The maximum atomic E-state index is 12.1. The lowest BCUT2D eigenvalue weighted by Gasteiger charge is -2.12. The Balaban J connectivity index is 1.89. The van der Waals surface area contributed by atoms with Crippen LogP contribution in [0.2, 0.25) is 0 Å². The molecule has 0 radical (unpaired) electrons. The van der Waals surface area contributed by atoms with Crippen LogP contribution in [0, 0.1) is 0 Å². The van der Waals surface area contributed by atoms with Gasteiger partial charge in [-0.1, -0.05) is 12.1 Å². The summed E-state index contributed by atoms with van der Waals surface area (Å²) >= 11 is 0. The Morgan fingerprint density at radius 1 is 1.07 bits per heavy atom. The number of hydrogen-bond donors (Lipinski definition) is 1. The summed E-state index contributed by atoms with van der Waals surface area (Å²) in [6.45, 7) is 2.95. The van der Waals surface area contributed by atoms with E-state index in [9.17, 15) is 14.4 Å². The van der Waals surface area contributed by atoms with Crippen molar-refractivity contribution in [1.29, 1.82) is 0 Å². The molecule has 0 fully saturated rings. The number of rotatable bonds is 7. The third kappa shape index (κ3) is 6.11. The van der Waals surface area contributed by atoms with Crippen LogP contribution in [-0.4, -0.2) is 30.9 Å². The van der Waals surface area contributed by atoms with Crippen LogP contribution < -0.4 is 10.1 Å². The molecular formula is C21H21NO5. The zero-order valence-electron chi connectivity index (χ0n) is 15.4. The fourth-order valence-corrected chi connectivity index (χ4v) is 2.21. The van der Waals surface area contributed by atoms with Crippen LogP contribution in [0.4, 0.5) is 5.69 Å². The van der Waals surface area contributed by atoms with Crippen molar-refractivity contribution in [2.24, 2.45) is 0 Å². The van der Waals surface area contributed by atoms with Gasteiger partial charge in [0, 0.05) is 17.3 Å². The van der Waals surface area contributed by atoms with Crippen molar-refractivity contribution in [1.82, 2.24) is 0 Å². The summed E-state index contributed by atoms with van der Waals surface area (Å²) in [6, 6.07) is 13.6. The van der Waals surface area contributed by atoms with Crippen molar-refractivity contribution in [2.45, 2.75) is 20.0 Å². The lowest BCUT2D eigenvalue weighted by molar-refractivity contribution is -0.148. The van der Waals surface area contributed by atoms with E-state index < -0.39 is 18.0 Å². The van der Waals surface area contributed by atoms with Crippen LogP contribution in [-0.2, 0) is 14.3 Å². The minimum absolute atomic E-state index is 0.0574. The summed E-state index contributed by atoms with van der Waals surface area (Å²) in [5, 5.41) is 2.63. The lowest BCUT2D eigenvalue weighted by atomic mass is 10.1. The maximum Gasteiger partial charge on any atom is 0.331 e. The number of amides is 1. The first-order valence-electron chi connectivity index (χ1n) is 8.33. The van der Waals surface area contributed by atoms with Gasteiger partial charge < -0.3 is 14.8 Å². The second-order valence-electron chi connectivity index (χ2n) is 5.81. The number of esters is 1. The third-order valence-corrected chi connectivity index (χ3v) is 3.73. The van der Waals surface area contributed by atoms with Gasteiger partial charge >= 0.3 is 5.97 Å². The van der Waals surface area contributed by atoms with Gasteiger partial charge in [0.2, 0.25) is 0 Å². The van der Waals surface area contributed by atoms with Gasteiger partial charge in [0.15, 0.2) is 11.9 Å². The zero-order valence-corrected chi connectivity index (χ0v) is 15.4. The Morgan fingerprint density at radius 3 is 2.41 bits per heavy atom. The highest BCUT2D eigenvalue weighted by Gasteiger charge is 2.16. The minimum atomic E-state index is -0.972. The molecule has 0 aromatic heterocycles. The Labute approximate surface area is 157 Å². The molecule has 0 aliphatic rings. The fraction of sp³-hybridized carbons (Fsp3) is 0.190. The van der Waals surface area contributed by atoms with E-state index >= 15 is 0 Å². The summed E-state index contributed by atoms with van der Waals surface area (Å²) in [6.07, 6.45) is 1.86. The number of hydrogen-bond acceptors (Lipinski definition) is 5. The van der Waals surface area contributed by atoms with Gasteiger partial charge in [-0.05, 0) is 61.9 Å². The molecule has 0 aliphatic carbocycles. The van der Waals surface area contributed by atoms with E-state index in [0.717, 1.165) is 5.56 Å². The van der Waals surface area contributed by atoms with Gasteiger partial charge in [0.05, 0.1) is 7.11 Å². The number of nitrogens with one attached hydrogen (secondary N) is 1. The molecule has 1 N–H and O–H groups in total. The standard InChI is InChI=1S/C21H21NO5/c1-14(23)17-8-10-18(11-9-17)22-21(25)15(2)27-20(24)12-7-16-5-4-6-19(13-16)26-3/h4-13,15H,1-3H3,(H,22,25)/b12-7+/t15-/m1/s1. The largest absolute Gasteiger partial charge is 0.497 e. The Bertz CT molecular complexity index is 855. The van der Waals surface area contributed by atoms with Crippen LogP contribution in [0.1, 0.15) is 29.8 Å². The molecule has 6 nitrogen and oxygen atoms in total. The van der Waals surface area contributed by atoms with Gasteiger partial charge in [-0.3, -0.25) is 9.59 Å². The molecule has 0 heterocycles. The van der Waals surface area contributed by atoms with Crippen LogP contribution >= 0.6 is 0 Å². The van der Waals surface area contributed by atoms with E-state index in [0.29, 0.717) is 17.0 Å². The van der Waals surface area contributed by atoms with E-state index in [2.05, 4.69) is 5.32 Å². The lowest BCUT2D eigenvalue weighted by Crippen LogP contribution is -2.29. The zero-order chi connectivity index (χ0) is 19.8. The molecule has 1 amide bonds. The Hall–Kier alpha value is -3.41. The van der Waals surface area contributed by atoms with E-state index in [4.69, 9.17) is 9.47 Å². The number of methoxy groups -OCH3 is 1. The molecule has 0 bridgehead atoms. The van der Waals surface area contributed by atoms with Crippen molar-refractivity contribution in [2.75, 3.05) is 12.4 Å². The monoisotopic (exact) mass is 367 g/mol. The number of carbonyl (C=O) groups is 3. The van der Waals surface area contributed by atoms with Gasteiger partial charge in [-0.2, -0.15) is 0 Å². The van der Waals surface area contributed by atoms with Crippen LogP contribution in [0.15, 0.2) is 54.6 Å². The van der Waals surface area contributed by atoms with Gasteiger partial charge in [0.25, 0.3) is 5.91 Å². The van der Waals surface area contributed by atoms with Crippen LogP contribution in [0.5, 0.6) is 5.75 Å². The molecule has 1 atom stereocenters. The molecule has 0 spiro atoms. The van der Waals surface area contributed by atoms with E-state index in [1.807, 2.05) is 6.07 Å². The van der Waals surface area contributed by atoms with Crippen molar-refractivity contribution in [3.05, 3.63) is 65.7 Å². The molecule has 6 heteroatoms. The highest BCUT2D eigenvalue weighted by molar-refractivity contribution is 5.98. The topological polar surface area (TPSA) is 81.7 Å². The van der Waals surface area contributed by atoms with Crippen molar-refractivity contribution >= 4 is 29.4 Å². The number of ketones is 1. The van der Waals surface area contributed by atoms with Crippen molar-refractivity contribution in [3.8, 4) is 5.75 Å². The van der Waals surface area contributed by atoms with Crippen LogP contribution in [0.25, 0.3) is 6.08 Å². The molecular weight excluding hydrogens is 346 g/mol. The molecule has 0 unspecified atom stereocenters. The second kappa shape index (κ2) is 9.33. The summed E-state index contributed by atoms with van der Waals surface area (Å²) in [5.74, 6) is -0.479. The van der Waals surface area contributed by atoms with Crippen molar-refractivity contribution < 1.29 is 23.9 Å². The summed E-state index contributed by atoms with van der Waals surface area (Å²) in [7, 11) is 1.56. The molecule has 0 aliphatic heterocycles. The number of Topliss-reactive ketones (excluding diaryl/α,β-unsaturated/α-hetero) is 1. The smallest absolute Gasteiger partial charge is 0.331 e. The molecule has 140 valence electrons. The minimum Gasteiger partial charge on any atom is -0.497 e. The Morgan fingerprint density at radius 2 is 1.78 bits per heavy atom. The highest BCUT2D eigenvalue weighted by Crippen LogP contribution is 2.14. The summed E-state index contributed by atoms with van der Waals surface area (Å²) in [5.41, 5.74) is 1.84. The second-order valence-corrected chi connectivity index (χ2v) is 5.81. The van der Waals surface area contributed by atoms with E-state index in [-0.39, 0.29) is 5.78 Å². The van der Waals surface area contributed by atoms with E-state index in [1.54, 1.807) is 55.7 Å². The van der Waals surface area contributed by atoms with Gasteiger partial charge in [0.1, 0.15) is 5.75 Å². The highest BCUT2D eigenvalue weighted by atomic mass is 16.5. The first-order valence-corrected chi connectivity index (χ1v) is 8.33. The predicted molar refractivity (Wildman–Crippen MR) is 103 cm³/mol. The predicted octanol–water partition coefficient (Wildman–Crippen LogP) is 3.48. The van der Waals surface area contributed by atoms with Gasteiger partial charge in [-0.25, -0.2) is 4.79 Å². The SMILES string of the molecule is COc1cccc(/C=C/C(=O)O[C@H](C)C(=O)Nc2ccc(C(C)=O)cc2)c1. The normalized spacial score (nSPS) is 11.7. The third-order valence-electron chi connectivity index (χ3n) is 3.73. The first-order chi connectivity index (χ1) is 12.9. The quantitative estimate of drug-likeness (QED) is 0.460. The number of anilines is 1. The Kier molecular flexibility index (Phi) is 6.88. The molecule has 2 aromatic carbocycles. The van der Waals surface area contributed by atoms with Gasteiger partial charge in [-0.15, -0.1) is 0 Å². The molecule has 2 rings (SSSR count). The fourth-order valence-electron chi connectivity index (χ4n) is 2.21. The molecule has 2 aromatic rings. The van der Waals surface area contributed by atoms with E-state index in [1.165, 1.54) is 19.9 Å². The summed E-state index contributed by atoms with van der Waals surface area (Å²) in [4.78, 5) is 35.3. The molecule has 0 saturated heterocycles. The average Bonchev–Trinajstić information content (AvgIpc) is 2.66. The first kappa shape index (κ1) is 19.9. The molecule has 27 heavy (non-hydrogen) atoms. The van der Waals surface area contributed by atoms with Crippen molar-refractivity contribution in [3.63, 3.8) is 0 Å². The number of carbonyl (C=O) groups excluding carboxylic acids is 3. The maximum absolute atomic E-state index is 12.1. The number of ether oxygens (including phenoxy) is 2. The number of benzene rings is 2. The summed E-state index contributed by atoms with van der Waals surface area (Å²) < 4.78 is 10.2. The van der Waals surface area contributed by atoms with Crippen LogP contribution in [0.3, 0.4) is 0 Å². The average molecular weight is 367 g/mol. The molecule has 0 saturated carbocycles.